The maximum Gasteiger partial charge on any atom is 0.309 e. The minimum absolute atomic E-state index is 0.0463. The Bertz CT molecular complexity index is 329. The van der Waals surface area contributed by atoms with Crippen LogP contribution in [0.15, 0.2) is 34.0 Å². The molecule has 2 unspecified atom stereocenters. The van der Waals surface area contributed by atoms with Gasteiger partial charge in [0.05, 0.1) is 12.5 Å². The van der Waals surface area contributed by atoms with Crippen molar-refractivity contribution in [3.63, 3.8) is 0 Å². The molecule has 0 N–H and O–H groups in total. The molecule has 2 nitrogen and oxygen atoms in total. The Kier molecular flexibility index (Phi) is 10.0. The van der Waals surface area contributed by atoms with Crippen LogP contribution in [0.1, 0.15) is 34.1 Å². The third-order valence-corrected chi connectivity index (χ3v) is 3.12. The fourth-order valence-electron chi connectivity index (χ4n) is 1.67. The first-order valence-electron chi connectivity index (χ1n) is 6.35. The summed E-state index contributed by atoms with van der Waals surface area (Å²) in [4.78, 5) is 11.7. The average Bonchev–Trinajstić information content (AvgIpc) is 2.30. The number of hydrogen-bond acceptors (Lipinski definition) is 2. The second-order valence-corrected chi connectivity index (χ2v) is 4.93. The fraction of sp³-hybridized carbons (Fsp3) is 0.533. The molecule has 0 aromatic rings. The molecule has 0 aliphatic rings. The van der Waals surface area contributed by atoms with Crippen LogP contribution in [0.3, 0.4) is 0 Å². The molecule has 102 valence electrons. The molecule has 0 aromatic heterocycles. The minimum atomic E-state index is -0.0926. The van der Waals surface area contributed by atoms with Crippen molar-refractivity contribution in [2.45, 2.75) is 34.1 Å². The van der Waals surface area contributed by atoms with Gasteiger partial charge >= 0.3 is 5.97 Å². The zero-order valence-corrected chi connectivity index (χ0v) is 13.8. The highest BCUT2D eigenvalue weighted by atomic mass is 127. The molecule has 0 amide bonds. The van der Waals surface area contributed by atoms with Gasteiger partial charge < -0.3 is 4.74 Å². The molecule has 0 saturated heterocycles. The van der Waals surface area contributed by atoms with Crippen LogP contribution >= 0.6 is 22.6 Å². The quantitative estimate of drug-likeness (QED) is 0.374. The Morgan fingerprint density at radius 3 is 2.56 bits per heavy atom. The molecule has 0 rings (SSSR count). The molecule has 0 saturated carbocycles. The maximum atomic E-state index is 11.7. The summed E-state index contributed by atoms with van der Waals surface area (Å²) >= 11 is 2.20. The number of ether oxygens (including phenoxy) is 1. The summed E-state index contributed by atoms with van der Waals surface area (Å²) in [6, 6.07) is 0. The Balaban J connectivity index is 4.52. The third kappa shape index (κ3) is 6.99. The summed E-state index contributed by atoms with van der Waals surface area (Å²) in [5.74, 6) is 0.0571. The average molecular weight is 362 g/mol. The number of rotatable bonds is 7. The van der Waals surface area contributed by atoms with Crippen molar-refractivity contribution >= 4 is 28.6 Å². The van der Waals surface area contributed by atoms with E-state index in [0.29, 0.717) is 6.61 Å². The van der Waals surface area contributed by atoms with E-state index in [1.54, 1.807) is 0 Å². The van der Waals surface area contributed by atoms with Gasteiger partial charge in [0.1, 0.15) is 0 Å². The largest absolute Gasteiger partial charge is 0.466 e. The van der Waals surface area contributed by atoms with E-state index in [0.717, 1.165) is 6.42 Å². The van der Waals surface area contributed by atoms with Crippen LogP contribution in [-0.4, -0.2) is 12.6 Å². The van der Waals surface area contributed by atoms with E-state index in [2.05, 4.69) is 35.6 Å². The van der Waals surface area contributed by atoms with E-state index in [4.69, 9.17) is 4.74 Å². The Morgan fingerprint density at radius 1 is 1.39 bits per heavy atom. The lowest BCUT2D eigenvalue weighted by molar-refractivity contribution is -0.149. The monoisotopic (exact) mass is 362 g/mol. The van der Waals surface area contributed by atoms with Crippen molar-refractivity contribution in [3.05, 3.63) is 34.0 Å². The summed E-state index contributed by atoms with van der Waals surface area (Å²) in [6.07, 6.45) is 8.97. The SMILES string of the molecule is CCOC(=O)C(CC)C(C)C=CC=C(C)C=CI. The number of allylic oxidation sites excluding steroid dienone is 5. The molecule has 0 aromatic carbocycles. The van der Waals surface area contributed by atoms with Gasteiger partial charge in [-0.3, -0.25) is 4.79 Å². The normalized spacial score (nSPS) is 16.2. The Hall–Kier alpha value is -0.580. The Morgan fingerprint density at radius 2 is 2.06 bits per heavy atom. The molecule has 0 bridgehead atoms. The number of hydrogen-bond donors (Lipinski definition) is 0. The zero-order chi connectivity index (χ0) is 14.0. The topological polar surface area (TPSA) is 26.3 Å². The summed E-state index contributed by atoms with van der Waals surface area (Å²) in [7, 11) is 0. The maximum absolute atomic E-state index is 11.7. The van der Waals surface area contributed by atoms with Gasteiger partial charge in [0.2, 0.25) is 0 Å². The van der Waals surface area contributed by atoms with Crippen molar-refractivity contribution < 1.29 is 9.53 Å². The van der Waals surface area contributed by atoms with Gasteiger partial charge in [0.25, 0.3) is 0 Å². The van der Waals surface area contributed by atoms with E-state index in [1.807, 2.05) is 43.1 Å². The molecule has 0 aliphatic carbocycles. The second-order valence-electron chi connectivity index (χ2n) is 4.21. The van der Waals surface area contributed by atoms with Crippen molar-refractivity contribution in [1.82, 2.24) is 0 Å². The molecular weight excluding hydrogens is 339 g/mol. The molecule has 0 aliphatic heterocycles. The van der Waals surface area contributed by atoms with Crippen molar-refractivity contribution in [1.29, 1.82) is 0 Å². The van der Waals surface area contributed by atoms with E-state index in [-0.39, 0.29) is 17.8 Å². The first-order chi connectivity index (χ1) is 8.56. The molecule has 3 heteroatoms. The fourth-order valence-corrected chi connectivity index (χ4v) is 2.24. The first kappa shape index (κ1) is 17.4. The molecule has 0 fully saturated rings. The lowest BCUT2D eigenvalue weighted by Crippen LogP contribution is -2.22. The van der Waals surface area contributed by atoms with Gasteiger partial charge in [0.15, 0.2) is 0 Å². The molecule has 0 radical (unpaired) electrons. The standard InChI is InChI=1S/C15H23IO2/c1-5-14(15(17)18-6-2)13(4)9-7-8-12(3)10-11-16/h7-11,13-14H,5-6H2,1-4H3. The van der Waals surface area contributed by atoms with E-state index in [1.165, 1.54) is 5.57 Å². The van der Waals surface area contributed by atoms with Gasteiger partial charge in [-0.25, -0.2) is 0 Å². The molecule has 0 heterocycles. The molecule has 18 heavy (non-hydrogen) atoms. The van der Waals surface area contributed by atoms with Crippen molar-refractivity contribution in [2.75, 3.05) is 6.61 Å². The summed E-state index contributed by atoms with van der Waals surface area (Å²) in [5.41, 5.74) is 1.19. The van der Waals surface area contributed by atoms with Gasteiger partial charge in [-0.15, -0.1) is 0 Å². The van der Waals surface area contributed by atoms with Gasteiger partial charge in [0, 0.05) is 0 Å². The zero-order valence-electron chi connectivity index (χ0n) is 11.7. The van der Waals surface area contributed by atoms with E-state index in [9.17, 15) is 4.79 Å². The molecular formula is C15H23IO2. The number of carbonyl (C=O) groups excluding carboxylic acids is 1. The minimum Gasteiger partial charge on any atom is -0.466 e. The van der Waals surface area contributed by atoms with Gasteiger partial charge in [-0.2, -0.15) is 0 Å². The van der Waals surface area contributed by atoms with E-state index < -0.39 is 0 Å². The lowest BCUT2D eigenvalue weighted by Gasteiger charge is -2.17. The lowest BCUT2D eigenvalue weighted by atomic mass is 9.91. The van der Waals surface area contributed by atoms with Crippen molar-refractivity contribution in [3.8, 4) is 0 Å². The predicted molar refractivity (Wildman–Crippen MR) is 85.6 cm³/mol. The molecule has 0 spiro atoms. The third-order valence-electron chi connectivity index (χ3n) is 2.76. The summed E-state index contributed by atoms with van der Waals surface area (Å²) < 4.78 is 7.06. The Labute approximate surface area is 124 Å². The highest BCUT2D eigenvalue weighted by Gasteiger charge is 2.22. The van der Waals surface area contributed by atoms with Crippen LogP contribution in [0.4, 0.5) is 0 Å². The van der Waals surface area contributed by atoms with Crippen LogP contribution in [-0.2, 0) is 9.53 Å². The highest BCUT2D eigenvalue weighted by Crippen LogP contribution is 2.19. The van der Waals surface area contributed by atoms with E-state index >= 15 is 0 Å². The molecule has 2 atom stereocenters. The van der Waals surface area contributed by atoms with Crippen LogP contribution in [0, 0.1) is 11.8 Å². The van der Waals surface area contributed by atoms with Crippen LogP contribution < -0.4 is 0 Å². The van der Waals surface area contributed by atoms with Gasteiger partial charge in [-0.1, -0.05) is 66.3 Å². The van der Waals surface area contributed by atoms with Gasteiger partial charge in [-0.05, 0) is 30.3 Å². The summed E-state index contributed by atoms with van der Waals surface area (Å²) in [6.45, 7) is 8.41. The smallest absolute Gasteiger partial charge is 0.309 e. The number of halogens is 1. The van der Waals surface area contributed by atoms with Crippen molar-refractivity contribution in [2.24, 2.45) is 11.8 Å². The summed E-state index contributed by atoms with van der Waals surface area (Å²) in [5, 5.41) is 0. The van der Waals surface area contributed by atoms with Crippen LogP contribution in [0.25, 0.3) is 0 Å². The number of esters is 1. The first-order valence-corrected chi connectivity index (χ1v) is 7.59. The predicted octanol–water partition coefficient (Wildman–Crippen LogP) is 4.66. The van der Waals surface area contributed by atoms with Crippen LogP contribution in [0.2, 0.25) is 0 Å². The highest BCUT2D eigenvalue weighted by molar-refractivity contribution is 14.1. The second kappa shape index (κ2) is 10.4. The van der Waals surface area contributed by atoms with Crippen LogP contribution in [0.5, 0.6) is 0 Å². The number of carbonyl (C=O) groups is 1.